The largest absolute Gasteiger partial charge is 0.294 e. The molecule has 0 radical (unpaired) electrons. The molecule has 0 saturated carbocycles. The smallest absolute Gasteiger partial charge is 0.165 e. The number of benzene rings is 1. The van der Waals surface area contributed by atoms with Gasteiger partial charge >= 0.3 is 0 Å². The highest BCUT2D eigenvalue weighted by Gasteiger charge is 2.29. The SMILES string of the molecule is O=C1CCc2c(Cl)c(Cl)c(Cl)c(Cl)c21. The topological polar surface area (TPSA) is 17.1 Å². The lowest BCUT2D eigenvalue weighted by atomic mass is 10.1. The molecule has 74 valence electrons. The molecule has 1 aromatic carbocycles. The van der Waals surface area contributed by atoms with Gasteiger partial charge in [-0.2, -0.15) is 0 Å². The molecule has 1 aliphatic carbocycles. The molecule has 0 heterocycles. The van der Waals surface area contributed by atoms with E-state index in [0.717, 1.165) is 5.56 Å². The molecule has 2 rings (SSSR count). The Morgan fingerprint density at radius 1 is 0.786 bits per heavy atom. The minimum Gasteiger partial charge on any atom is -0.294 e. The van der Waals surface area contributed by atoms with Crippen molar-refractivity contribution in [3.63, 3.8) is 0 Å². The number of carbonyl (C=O) groups is 1. The summed E-state index contributed by atoms with van der Waals surface area (Å²) in [6.07, 6.45) is 1.01. The van der Waals surface area contributed by atoms with Crippen LogP contribution in [0.3, 0.4) is 0 Å². The van der Waals surface area contributed by atoms with E-state index in [-0.39, 0.29) is 20.9 Å². The van der Waals surface area contributed by atoms with E-state index in [4.69, 9.17) is 46.4 Å². The third-order valence-electron chi connectivity index (χ3n) is 2.25. The lowest BCUT2D eigenvalue weighted by molar-refractivity contribution is 0.0994. The van der Waals surface area contributed by atoms with Crippen LogP contribution >= 0.6 is 46.4 Å². The summed E-state index contributed by atoms with van der Waals surface area (Å²) in [5.74, 6) is -0.0227. The van der Waals surface area contributed by atoms with Crippen LogP contribution in [-0.4, -0.2) is 5.78 Å². The highest BCUT2D eigenvalue weighted by molar-refractivity contribution is 6.53. The van der Waals surface area contributed by atoms with Crippen molar-refractivity contribution in [1.82, 2.24) is 0 Å². The van der Waals surface area contributed by atoms with Gasteiger partial charge in [-0.05, 0) is 12.0 Å². The van der Waals surface area contributed by atoms with Crippen LogP contribution in [0.2, 0.25) is 20.1 Å². The molecule has 1 nitrogen and oxygen atoms in total. The Labute approximate surface area is 101 Å². The molecule has 0 spiro atoms. The van der Waals surface area contributed by atoms with Crippen molar-refractivity contribution in [1.29, 1.82) is 0 Å². The van der Waals surface area contributed by atoms with Crippen molar-refractivity contribution in [3.05, 3.63) is 31.2 Å². The predicted octanol–water partition coefficient (Wildman–Crippen LogP) is 4.43. The van der Waals surface area contributed by atoms with E-state index in [0.29, 0.717) is 23.4 Å². The first-order chi connectivity index (χ1) is 6.54. The summed E-state index contributed by atoms with van der Waals surface area (Å²) in [4.78, 5) is 11.5. The molecular formula is C9H4Cl4O. The molecular weight excluding hydrogens is 266 g/mol. The van der Waals surface area contributed by atoms with Crippen molar-refractivity contribution in [2.45, 2.75) is 12.8 Å². The Morgan fingerprint density at radius 3 is 2.00 bits per heavy atom. The Morgan fingerprint density at radius 2 is 1.36 bits per heavy atom. The van der Waals surface area contributed by atoms with E-state index >= 15 is 0 Å². The lowest BCUT2D eigenvalue weighted by Gasteiger charge is -2.08. The summed E-state index contributed by atoms with van der Waals surface area (Å²) in [6.45, 7) is 0. The zero-order valence-electron chi connectivity index (χ0n) is 6.83. The average molecular weight is 270 g/mol. The van der Waals surface area contributed by atoms with Gasteiger partial charge in [-0.3, -0.25) is 4.79 Å². The third-order valence-corrected chi connectivity index (χ3v) is 4.09. The van der Waals surface area contributed by atoms with Crippen LogP contribution in [0.1, 0.15) is 22.3 Å². The number of hydrogen-bond acceptors (Lipinski definition) is 1. The fourth-order valence-electron chi connectivity index (χ4n) is 1.57. The van der Waals surface area contributed by atoms with Gasteiger partial charge in [-0.1, -0.05) is 46.4 Å². The molecule has 1 aromatic rings. The van der Waals surface area contributed by atoms with Crippen LogP contribution in [-0.2, 0) is 6.42 Å². The zero-order chi connectivity index (χ0) is 10.5. The Kier molecular flexibility index (Phi) is 2.69. The third kappa shape index (κ3) is 1.35. The quantitative estimate of drug-likeness (QED) is 0.503. The summed E-state index contributed by atoms with van der Waals surface area (Å²) in [5.41, 5.74) is 1.15. The molecule has 0 unspecified atom stereocenters. The number of halogens is 4. The van der Waals surface area contributed by atoms with Gasteiger partial charge in [0, 0.05) is 12.0 Å². The zero-order valence-corrected chi connectivity index (χ0v) is 9.86. The van der Waals surface area contributed by atoms with Crippen LogP contribution in [0.25, 0.3) is 0 Å². The maximum atomic E-state index is 11.5. The van der Waals surface area contributed by atoms with Crippen LogP contribution in [0.4, 0.5) is 0 Å². The van der Waals surface area contributed by atoms with Gasteiger partial charge in [0.15, 0.2) is 5.78 Å². The van der Waals surface area contributed by atoms with Crippen LogP contribution in [0.15, 0.2) is 0 Å². The maximum Gasteiger partial charge on any atom is 0.165 e. The fourth-order valence-corrected chi connectivity index (χ4v) is 2.66. The molecule has 0 fully saturated rings. The van der Waals surface area contributed by atoms with E-state index in [1.54, 1.807) is 0 Å². The minimum absolute atomic E-state index is 0.0227. The highest BCUT2D eigenvalue weighted by Crippen LogP contribution is 2.44. The van der Waals surface area contributed by atoms with Crippen molar-refractivity contribution in [2.75, 3.05) is 0 Å². The molecule has 0 amide bonds. The fraction of sp³-hybridized carbons (Fsp3) is 0.222. The van der Waals surface area contributed by atoms with E-state index < -0.39 is 0 Å². The van der Waals surface area contributed by atoms with Gasteiger partial charge in [-0.25, -0.2) is 0 Å². The number of rotatable bonds is 0. The second kappa shape index (κ2) is 3.57. The summed E-state index contributed by atoms with van der Waals surface area (Å²) < 4.78 is 0. The van der Waals surface area contributed by atoms with Crippen LogP contribution in [0.5, 0.6) is 0 Å². The van der Waals surface area contributed by atoms with Crippen molar-refractivity contribution >= 4 is 52.2 Å². The molecule has 1 aliphatic rings. The molecule has 14 heavy (non-hydrogen) atoms. The monoisotopic (exact) mass is 268 g/mol. The number of Topliss-reactive ketones (excluding diaryl/α,β-unsaturated/α-hetero) is 1. The Hall–Kier alpha value is 0.0500. The van der Waals surface area contributed by atoms with Gasteiger partial charge in [0.25, 0.3) is 0 Å². The normalized spacial score (nSPS) is 14.7. The van der Waals surface area contributed by atoms with E-state index in [2.05, 4.69) is 0 Å². The molecule has 0 N–H and O–H groups in total. The first-order valence-corrected chi connectivity index (χ1v) is 5.43. The van der Waals surface area contributed by atoms with Crippen LogP contribution in [0, 0.1) is 0 Å². The highest BCUT2D eigenvalue weighted by atomic mass is 35.5. The molecule has 0 saturated heterocycles. The van der Waals surface area contributed by atoms with E-state index in [9.17, 15) is 4.79 Å². The van der Waals surface area contributed by atoms with Gasteiger partial charge in [-0.15, -0.1) is 0 Å². The summed E-state index contributed by atoms with van der Waals surface area (Å²) in [7, 11) is 0. The molecule has 0 bridgehead atoms. The predicted molar refractivity (Wildman–Crippen MR) is 59.1 cm³/mol. The first-order valence-electron chi connectivity index (χ1n) is 3.92. The van der Waals surface area contributed by atoms with Gasteiger partial charge in [0.05, 0.1) is 20.1 Å². The molecule has 0 aromatic heterocycles. The minimum atomic E-state index is -0.0227. The first kappa shape index (κ1) is 10.6. The van der Waals surface area contributed by atoms with E-state index in [1.165, 1.54) is 0 Å². The summed E-state index contributed by atoms with van der Waals surface area (Å²) in [5, 5.41) is 0.958. The molecule has 5 heteroatoms. The number of carbonyl (C=O) groups excluding carboxylic acids is 1. The van der Waals surface area contributed by atoms with E-state index in [1.807, 2.05) is 0 Å². The van der Waals surface area contributed by atoms with Gasteiger partial charge < -0.3 is 0 Å². The number of fused-ring (bicyclic) bond motifs is 1. The molecule has 0 aliphatic heterocycles. The standard InChI is InChI=1S/C9H4Cl4O/c10-6-3-1-2-4(14)5(3)7(11)9(13)8(6)12/h1-2H2. The van der Waals surface area contributed by atoms with Gasteiger partial charge in [0.2, 0.25) is 0 Å². The Balaban J connectivity index is 2.84. The lowest BCUT2D eigenvalue weighted by Crippen LogP contribution is -1.94. The Bertz CT molecular complexity index is 439. The number of ketones is 1. The maximum absolute atomic E-state index is 11.5. The van der Waals surface area contributed by atoms with Crippen LogP contribution < -0.4 is 0 Å². The summed E-state index contributed by atoms with van der Waals surface area (Å²) >= 11 is 23.6. The molecule has 0 atom stereocenters. The van der Waals surface area contributed by atoms with Crippen molar-refractivity contribution in [3.8, 4) is 0 Å². The summed E-state index contributed by atoms with van der Waals surface area (Å²) in [6, 6.07) is 0. The second-order valence-corrected chi connectivity index (χ2v) is 4.54. The number of hydrogen-bond donors (Lipinski definition) is 0. The second-order valence-electron chi connectivity index (χ2n) is 3.03. The van der Waals surface area contributed by atoms with Gasteiger partial charge in [0.1, 0.15) is 0 Å². The average Bonchev–Trinajstić information content (AvgIpc) is 2.54. The van der Waals surface area contributed by atoms with Crippen molar-refractivity contribution < 1.29 is 4.79 Å². The van der Waals surface area contributed by atoms with Crippen molar-refractivity contribution in [2.24, 2.45) is 0 Å².